The molecule has 0 unspecified atom stereocenters. The molecule has 0 aromatic heterocycles. The fourth-order valence-electron chi connectivity index (χ4n) is 2.47. The topological polar surface area (TPSA) is 41.6 Å². The van der Waals surface area contributed by atoms with E-state index in [0.717, 1.165) is 24.2 Å². The fraction of sp³-hybridized carbons (Fsp3) is 0.350. The molecule has 0 saturated heterocycles. The van der Waals surface area contributed by atoms with Gasteiger partial charge in [-0.25, -0.2) is 4.79 Å². The van der Waals surface area contributed by atoms with Crippen LogP contribution in [0.1, 0.15) is 24.5 Å². The molecule has 2 aromatic rings. The molecule has 0 heterocycles. The fourth-order valence-corrected chi connectivity index (χ4v) is 2.47. The molecule has 0 saturated carbocycles. The Morgan fingerprint density at radius 1 is 1.04 bits per heavy atom. The molecule has 2 aromatic carbocycles. The molecular formula is C20H26N2O2. The lowest BCUT2D eigenvalue weighted by Crippen LogP contribution is -2.37. The zero-order chi connectivity index (χ0) is 17.2. The molecule has 4 nitrogen and oxygen atoms in total. The van der Waals surface area contributed by atoms with Gasteiger partial charge in [-0.1, -0.05) is 42.5 Å². The largest absolute Gasteiger partial charge is 0.494 e. The molecule has 0 radical (unpaired) electrons. The summed E-state index contributed by atoms with van der Waals surface area (Å²) in [6.07, 6.45) is 1.91. The average Bonchev–Trinajstić information content (AvgIpc) is 2.61. The predicted molar refractivity (Wildman–Crippen MR) is 97.2 cm³/mol. The number of ether oxygens (including phenoxy) is 1. The normalized spacial score (nSPS) is 10.2. The summed E-state index contributed by atoms with van der Waals surface area (Å²) < 4.78 is 5.42. The van der Waals surface area contributed by atoms with Gasteiger partial charge in [0.2, 0.25) is 0 Å². The highest BCUT2D eigenvalue weighted by Gasteiger charge is 2.08. The molecule has 0 fully saturated rings. The quantitative estimate of drug-likeness (QED) is 0.749. The van der Waals surface area contributed by atoms with E-state index >= 15 is 0 Å². The number of urea groups is 1. The van der Waals surface area contributed by atoms with Gasteiger partial charge in [0, 0.05) is 20.1 Å². The summed E-state index contributed by atoms with van der Waals surface area (Å²) in [7, 11) is 1.81. The van der Waals surface area contributed by atoms with Crippen LogP contribution in [-0.2, 0) is 13.0 Å². The van der Waals surface area contributed by atoms with Crippen molar-refractivity contribution in [3.63, 3.8) is 0 Å². The van der Waals surface area contributed by atoms with Gasteiger partial charge in [-0.15, -0.1) is 0 Å². The summed E-state index contributed by atoms with van der Waals surface area (Å²) >= 11 is 0. The third kappa shape index (κ3) is 5.95. The standard InChI is InChI=1S/C20H26N2O2/c1-3-24-19-13-11-18(12-14-19)16-22(2)20(23)21-15-7-10-17-8-5-4-6-9-17/h4-6,8-9,11-14H,3,7,10,15-16H2,1-2H3,(H,21,23). The molecule has 1 N–H and O–H groups in total. The first-order valence-corrected chi connectivity index (χ1v) is 8.43. The van der Waals surface area contributed by atoms with Crippen LogP contribution in [0.3, 0.4) is 0 Å². The van der Waals surface area contributed by atoms with E-state index in [1.54, 1.807) is 4.90 Å². The van der Waals surface area contributed by atoms with E-state index < -0.39 is 0 Å². The summed E-state index contributed by atoms with van der Waals surface area (Å²) in [4.78, 5) is 13.8. The van der Waals surface area contributed by atoms with Gasteiger partial charge >= 0.3 is 6.03 Å². The highest BCUT2D eigenvalue weighted by molar-refractivity contribution is 5.73. The number of rotatable bonds is 8. The predicted octanol–water partition coefficient (Wildman–Crippen LogP) is 3.86. The third-order valence-corrected chi connectivity index (χ3v) is 3.76. The number of benzene rings is 2. The summed E-state index contributed by atoms with van der Waals surface area (Å²) in [5.74, 6) is 0.856. The summed E-state index contributed by atoms with van der Waals surface area (Å²) in [5, 5.41) is 2.97. The van der Waals surface area contributed by atoms with E-state index in [4.69, 9.17) is 4.74 Å². The van der Waals surface area contributed by atoms with E-state index in [1.807, 2.05) is 56.4 Å². The van der Waals surface area contributed by atoms with Gasteiger partial charge in [0.05, 0.1) is 6.61 Å². The van der Waals surface area contributed by atoms with Crippen molar-refractivity contribution in [2.45, 2.75) is 26.3 Å². The van der Waals surface area contributed by atoms with Crippen molar-refractivity contribution in [3.8, 4) is 5.75 Å². The van der Waals surface area contributed by atoms with Gasteiger partial charge in [0.25, 0.3) is 0 Å². The lowest BCUT2D eigenvalue weighted by atomic mass is 10.1. The molecular weight excluding hydrogens is 300 g/mol. The first-order valence-electron chi connectivity index (χ1n) is 8.43. The Morgan fingerprint density at radius 2 is 1.75 bits per heavy atom. The molecule has 2 amide bonds. The SMILES string of the molecule is CCOc1ccc(CN(C)C(=O)NCCCc2ccccc2)cc1. The minimum atomic E-state index is -0.0445. The molecule has 0 aliphatic heterocycles. The smallest absolute Gasteiger partial charge is 0.317 e. The van der Waals surface area contributed by atoms with Gasteiger partial charge in [-0.3, -0.25) is 0 Å². The van der Waals surface area contributed by atoms with E-state index in [2.05, 4.69) is 17.4 Å². The van der Waals surface area contributed by atoms with Gasteiger partial charge in [-0.05, 0) is 43.0 Å². The molecule has 128 valence electrons. The van der Waals surface area contributed by atoms with Crippen molar-refractivity contribution in [1.82, 2.24) is 10.2 Å². The Labute approximate surface area is 144 Å². The van der Waals surface area contributed by atoms with Crippen LogP contribution < -0.4 is 10.1 Å². The number of hydrogen-bond donors (Lipinski definition) is 1. The van der Waals surface area contributed by atoms with Crippen LogP contribution in [0.5, 0.6) is 5.75 Å². The van der Waals surface area contributed by atoms with Gasteiger partial charge < -0.3 is 15.0 Å². The number of nitrogens with zero attached hydrogens (tertiary/aromatic N) is 1. The highest BCUT2D eigenvalue weighted by Crippen LogP contribution is 2.13. The van der Waals surface area contributed by atoms with Gasteiger partial charge in [-0.2, -0.15) is 0 Å². The maximum absolute atomic E-state index is 12.1. The number of hydrogen-bond acceptors (Lipinski definition) is 2. The van der Waals surface area contributed by atoms with E-state index in [-0.39, 0.29) is 6.03 Å². The van der Waals surface area contributed by atoms with Crippen LogP contribution >= 0.6 is 0 Å². The van der Waals surface area contributed by atoms with E-state index in [9.17, 15) is 4.79 Å². The maximum atomic E-state index is 12.1. The minimum Gasteiger partial charge on any atom is -0.494 e. The monoisotopic (exact) mass is 326 g/mol. The minimum absolute atomic E-state index is 0.0445. The number of carbonyl (C=O) groups excluding carboxylic acids is 1. The third-order valence-electron chi connectivity index (χ3n) is 3.76. The van der Waals surface area contributed by atoms with Crippen LogP contribution in [0.15, 0.2) is 54.6 Å². The van der Waals surface area contributed by atoms with Crippen LogP contribution in [0.2, 0.25) is 0 Å². The molecule has 2 rings (SSSR count). The Morgan fingerprint density at radius 3 is 2.42 bits per heavy atom. The Balaban J connectivity index is 1.69. The second-order valence-electron chi connectivity index (χ2n) is 5.75. The lowest BCUT2D eigenvalue weighted by molar-refractivity contribution is 0.207. The van der Waals surface area contributed by atoms with Crippen molar-refractivity contribution >= 4 is 6.03 Å². The van der Waals surface area contributed by atoms with Crippen LogP contribution in [-0.4, -0.2) is 31.1 Å². The number of carbonyl (C=O) groups is 1. The van der Waals surface area contributed by atoms with Crippen molar-refractivity contribution in [3.05, 3.63) is 65.7 Å². The zero-order valence-corrected chi connectivity index (χ0v) is 14.5. The molecule has 0 aliphatic rings. The average molecular weight is 326 g/mol. The second kappa shape index (κ2) is 9.60. The van der Waals surface area contributed by atoms with Gasteiger partial charge in [0.15, 0.2) is 0 Å². The Kier molecular flexibility index (Phi) is 7.15. The molecule has 0 bridgehead atoms. The Hall–Kier alpha value is -2.49. The molecule has 0 atom stereocenters. The number of aryl methyl sites for hydroxylation is 1. The molecule has 4 heteroatoms. The van der Waals surface area contributed by atoms with Crippen LogP contribution in [0.4, 0.5) is 4.79 Å². The number of nitrogens with one attached hydrogen (secondary N) is 1. The van der Waals surface area contributed by atoms with Crippen molar-refractivity contribution in [2.75, 3.05) is 20.2 Å². The first kappa shape index (κ1) is 17.9. The molecule has 0 spiro atoms. The van der Waals surface area contributed by atoms with Crippen LogP contribution in [0.25, 0.3) is 0 Å². The molecule has 24 heavy (non-hydrogen) atoms. The lowest BCUT2D eigenvalue weighted by Gasteiger charge is -2.18. The van der Waals surface area contributed by atoms with E-state index in [0.29, 0.717) is 19.7 Å². The summed E-state index contributed by atoms with van der Waals surface area (Å²) in [5.41, 5.74) is 2.38. The van der Waals surface area contributed by atoms with Crippen molar-refractivity contribution < 1.29 is 9.53 Å². The van der Waals surface area contributed by atoms with Crippen molar-refractivity contribution in [1.29, 1.82) is 0 Å². The highest BCUT2D eigenvalue weighted by atomic mass is 16.5. The Bertz CT molecular complexity index is 611. The second-order valence-corrected chi connectivity index (χ2v) is 5.75. The summed E-state index contributed by atoms with van der Waals surface area (Å²) in [6.45, 7) is 3.88. The first-order chi connectivity index (χ1) is 11.7. The summed E-state index contributed by atoms with van der Waals surface area (Å²) in [6, 6.07) is 18.1. The van der Waals surface area contributed by atoms with Gasteiger partial charge in [0.1, 0.15) is 5.75 Å². The zero-order valence-electron chi connectivity index (χ0n) is 14.5. The van der Waals surface area contributed by atoms with Crippen LogP contribution in [0, 0.1) is 0 Å². The number of amides is 2. The van der Waals surface area contributed by atoms with E-state index in [1.165, 1.54) is 5.56 Å². The molecule has 0 aliphatic carbocycles. The van der Waals surface area contributed by atoms with Crippen molar-refractivity contribution in [2.24, 2.45) is 0 Å². The maximum Gasteiger partial charge on any atom is 0.317 e.